The molecule has 0 spiro atoms. The quantitative estimate of drug-likeness (QED) is 0.149. The summed E-state index contributed by atoms with van der Waals surface area (Å²) in [5.41, 5.74) is 15.4. The molecule has 0 amide bonds. The predicted octanol–water partition coefficient (Wildman–Crippen LogP) is 17.5. The van der Waals surface area contributed by atoms with Crippen molar-refractivity contribution in [2.45, 2.75) is 0 Å². The first-order valence-corrected chi connectivity index (χ1v) is 22.2. The van der Waals surface area contributed by atoms with Crippen molar-refractivity contribution in [3.8, 4) is 39.1 Å². The number of para-hydroxylation sites is 5. The summed E-state index contributed by atoms with van der Waals surface area (Å²) in [6.07, 6.45) is 0. The number of fused-ring (bicyclic) bond motifs is 9. The first-order valence-electron chi connectivity index (χ1n) is 22.2. The van der Waals surface area contributed by atoms with E-state index >= 15 is 0 Å². The van der Waals surface area contributed by atoms with Crippen molar-refractivity contribution in [1.29, 1.82) is 0 Å². The molecule has 3 heteroatoms. The molecule has 0 N–H and O–H groups in total. The van der Waals surface area contributed by atoms with Gasteiger partial charge < -0.3 is 13.9 Å². The Kier molecular flexibility index (Phi) is 8.53. The van der Waals surface area contributed by atoms with Crippen LogP contribution in [0.4, 0.5) is 17.1 Å². The molecule has 65 heavy (non-hydrogen) atoms. The third-order valence-electron chi connectivity index (χ3n) is 13.2. The monoisotopic (exact) mass is 828 g/mol. The van der Waals surface area contributed by atoms with Gasteiger partial charge in [0.15, 0.2) is 0 Å². The third-order valence-corrected chi connectivity index (χ3v) is 13.2. The van der Waals surface area contributed by atoms with Gasteiger partial charge in [0.05, 0.1) is 22.4 Å². The maximum atomic E-state index is 6.44. The zero-order valence-corrected chi connectivity index (χ0v) is 35.4. The second-order valence-electron chi connectivity index (χ2n) is 16.8. The van der Waals surface area contributed by atoms with Crippen LogP contribution in [-0.4, -0.2) is 4.57 Å². The largest absolute Gasteiger partial charge is 0.456 e. The molecule has 0 aliphatic heterocycles. The highest BCUT2D eigenvalue weighted by atomic mass is 16.3. The van der Waals surface area contributed by atoms with E-state index < -0.39 is 0 Å². The normalized spacial score (nSPS) is 11.7. The highest BCUT2D eigenvalue weighted by molar-refractivity contribution is 6.14. The molecule has 0 unspecified atom stereocenters. The molecule has 0 aliphatic carbocycles. The number of benzene rings is 11. The van der Waals surface area contributed by atoms with E-state index in [-0.39, 0.29) is 0 Å². The summed E-state index contributed by atoms with van der Waals surface area (Å²) >= 11 is 0. The van der Waals surface area contributed by atoms with Crippen molar-refractivity contribution >= 4 is 82.4 Å². The minimum Gasteiger partial charge on any atom is -0.456 e. The van der Waals surface area contributed by atoms with Gasteiger partial charge in [-0.05, 0) is 117 Å². The fourth-order valence-corrected chi connectivity index (χ4v) is 10.2. The van der Waals surface area contributed by atoms with Gasteiger partial charge in [-0.25, -0.2) is 0 Å². The van der Waals surface area contributed by atoms with Crippen LogP contribution in [0.2, 0.25) is 0 Å². The minimum absolute atomic E-state index is 0.876. The van der Waals surface area contributed by atoms with Crippen molar-refractivity contribution in [3.63, 3.8) is 0 Å². The van der Waals surface area contributed by atoms with E-state index in [0.29, 0.717) is 0 Å². The summed E-state index contributed by atoms with van der Waals surface area (Å²) in [4.78, 5) is 2.41. The Morgan fingerprint density at radius 1 is 0.308 bits per heavy atom. The van der Waals surface area contributed by atoms with Gasteiger partial charge in [0, 0.05) is 44.0 Å². The molecule has 3 nitrogen and oxygen atoms in total. The Labute approximate surface area is 376 Å². The smallest absolute Gasteiger partial charge is 0.136 e. The van der Waals surface area contributed by atoms with E-state index in [1.807, 2.05) is 12.1 Å². The fourth-order valence-electron chi connectivity index (χ4n) is 10.2. The van der Waals surface area contributed by atoms with Crippen molar-refractivity contribution in [2.24, 2.45) is 0 Å². The number of nitrogens with zero attached hydrogens (tertiary/aromatic N) is 2. The van der Waals surface area contributed by atoms with Gasteiger partial charge in [0.25, 0.3) is 0 Å². The van der Waals surface area contributed by atoms with E-state index in [1.54, 1.807) is 0 Å². The molecule has 0 radical (unpaired) electrons. The highest BCUT2D eigenvalue weighted by Crippen LogP contribution is 2.45. The van der Waals surface area contributed by atoms with E-state index in [1.165, 1.54) is 54.5 Å². The molecule has 11 aromatic carbocycles. The molecule has 0 fully saturated rings. The molecule has 0 aliphatic rings. The molecule has 0 bridgehead atoms. The summed E-state index contributed by atoms with van der Waals surface area (Å²) in [6, 6.07) is 87.8. The van der Waals surface area contributed by atoms with E-state index in [9.17, 15) is 0 Å². The second kappa shape index (κ2) is 15.0. The number of aromatic nitrogens is 1. The molecule has 0 atom stereocenters. The van der Waals surface area contributed by atoms with Gasteiger partial charge in [-0.3, -0.25) is 0 Å². The van der Waals surface area contributed by atoms with Gasteiger partial charge >= 0.3 is 0 Å². The zero-order chi connectivity index (χ0) is 42.8. The SMILES string of the molecule is c1cc(-c2cc3ccccc3c3ccccc23)cc(N(c2ccc(-c3ccccc3-n3c4ccccc4c4ccccc43)cc2)c2ccccc2-c2ccc3c(c2)oc2ccccc23)c1. The van der Waals surface area contributed by atoms with Crippen LogP contribution in [0.25, 0.3) is 104 Å². The van der Waals surface area contributed by atoms with E-state index in [0.717, 1.165) is 66.9 Å². The molecule has 2 heterocycles. The molecule has 13 rings (SSSR count). The van der Waals surface area contributed by atoms with Crippen molar-refractivity contribution in [3.05, 3.63) is 243 Å². The Morgan fingerprint density at radius 2 is 0.892 bits per heavy atom. The van der Waals surface area contributed by atoms with Gasteiger partial charge in [-0.1, -0.05) is 170 Å². The minimum atomic E-state index is 0.876. The maximum Gasteiger partial charge on any atom is 0.136 e. The maximum absolute atomic E-state index is 6.44. The molecule has 304 valence electrons. The summed E-state index contributed by atoms with van der Waals surface area (Å²) in [7, 11) is 0. The average molecular weight is 829 g/mol. The number of hydrogen-bond acceptors (Lipinski definition) is 2. The lowest BCUT2D eigenvalue weighted by Crippen LogP contribution is -2.11. The van der Waals surface area contributed by atoms with Gasteiger partial charge in [-0.15, -0.1) is 0 Å². The Morgan fingerprint density at radius 3 is 1.69 bits per heavy atom. The van der Waals surface area contributed by atoms with E-state index in [4.69, 9.17) is 4.42 Å². The van der Waals surface area contributed by atoms with Crippen molar-refractivity contribution in [2.75, 3.05) is 4.90 Å². The zero-order valence-electron chi connectivity index (χ0n) is 35.4. The average Bonchev–Trinajstić information content (AvgIpc) is 3.92. The van der Waals surface area contributed by atoms with Crippen LogP contribution in [0.3, 0.4) is 0 Å². The Bertz CT molecular complexity index is 3910. The van der Waals surface area contributed by atoms with Crippen molar-refractivity contribution in [1.82, 2.24) is 4.57 Å². The first kappa shape index (κ1) is 36.9. The Hall–Kier alpha value is -8.66. The van der Waals surface area contributed by atoms with Crippen LogP contribution in [0.15, 0.2) is 247 Å². The van der Waals surface area contributed by atoms with Gasteiger partial charge in [-0.2, -0.15) is 0 Å². The molecular weight excluding hydrogens is 789 g/mol. The van der Waals surface area contributed by atoms with Crippen LogP contribution in [0.1, 0.15) is 0 Å². The van der Waals surface area contributed by atoms with Gasteiger partial charge in [0.2, 0.25) is 0 Å². The summed E-state index contributed by atoms with van der Waals surface area (Å²) in [5.74, 6) is 0. The molecular formula is C62H40N2O. The predicted molar refractivity (Wildman–Crippen MR) is 274 cm³/mol. The first-order chi connectivity index (χ1) is 32.2. The molecule has 13 aromatic rings. The topological polar surface area (TPSA) is 21.3 Å². The summed E-state index contributed by atoms with van der Waals surface area (Å²) < 4.78 is 8.85. The number of rotatable bonds is 7. The summed E-state index contributed by atoms with van der Waals surface area (Å²) in [5, 5.41) is 9.73. The highest BCUT2D eigenvalue weighted by Gasteiger charge is 2.21. The lowest BCUT2D eigenvalue weighted by Gasteiger charge is -2.28. The Balaban J connectivity index is 0.987. The van der Waals surface area contributed by atoms with Crippen molar-refractivity contribution < 1.29 is 4.42 Å². The van der Waals surface area contributed by atoms with Crippen LogP contribution < -0.4 is 4.90 Å². The van der Waals surface area contributed by atoms with Crippen LogP contribution in [0, 0.1) is 0 Å². The lowest BCUT2D eigenvalue weighted by atomic mass is 9.93. The molecule has 0 saturated carbocycles. The van der Waals surface area contributed by atoms with Crippen LogP contribution in [0.5, 0.6) is 0 Å². The number of furan rings is 1. The molecule has 0 saturated heterocycles. The van der Waals surface area contributed by atoms with Gasteiger partial charge in [0.1, 0.15) is 11.2 Å². The number of anilines is 3. The standard InChI is InChI=1S/C62H40N2O/c1-2-19-47-43(16-1)39-56(51-23-4-3-22-50(47)51)42-17-15-18-46(38-42)63(57-27-10-6-21-49(57)44-34-37-55-54-26-9-14-31-61(54)65-62(55)40-44)45-35-32-41(33-36-45)48-20-5-11-28-58(48)64-59-29-12-7-24-52(59)53-25-8-13-30-60(53)64/h1-40H. The lowest BCUT2D eigenvalue weighted by molar-refractivity contribution is 0.669. The van der Waals surface area contributed by atoms with E-state index in [2.05, 4.69) is 240 Å². The number of hydrogen-bond donors (Lipinski definition) is 0. The molecule has 2 aromatic heterocycles. The van der Waals surface area contributed by atoms with Crippen LogP contribution in [-0.2, 0) is 0 Å². The summed E-state index contributed by atoms with van der Waals surface area (Å²) in [6.45, 7) is 0. The third kappa shape index (κ3) is 6.05. The second-order valence-corrected chi connectivity index (χ2v) is 16.8. The van der Waals surface area contributed by atoms with Crippen LogP contribution >= 0.6 is 0 Å². The fraction of sp³-hybridized carbons (Fsp3) is 0.